The molecule has 0 aliphatic rings. The first kappa shape index (κ1) is 8.13. The van der Waals surface area contributed by atoms with Crippen molar-refractivity contribution in [1.29, 1.82) is 0 Å². The minimum atomic E-state index is 0.275. The molecule has 0 radical (unpaired) electrons. The van der Waals surface area contributed by atoms with Gasteiger partial charge in [-0.05, 0) is 29.6 Å². The smallest absolute Gasteiger partial charge is 0.124 e. The number of nitrogens with two attached hydrogens (primary N) is 1. The second-order valence-electron chi connectivity index (χ2n) is 2.75. The molecule has 2 aromatic rings. The van der Waals surface area contributed by atoms with Crippen LogP contribution in [0.25, 0.3) is 10.4 Å². The second-order valence-corrected chi connectivity index (χ2v) is 3.70. The molecule has 2 rings (SSSR count). The average Bonchev–Trinajstić information content (AvgIpc) is 2.61. The van der Waals surface area contributed by atoms with Gasteiger partial charge in [0.15, 0.2) is 0 Å². The lowest BCUT2D eigenvalue weighted by Gasteiger charge is -2.02. The summed E-state index contributed by atoms with van der Waals surface area (Å²) in [6.07, 6.45) is 0. The summed E-state index contributed by atoms with van der Waals surface area (Å²) < 4.78 is 0. The Hall–Kier alpha value is -1.48. The first-order valence-electron chi connectivity index (χ1n) is 3.90. The number of nitrogen functional groups attached to an aromatic ring is 1. The van der Waals surface area contributed by atoms with E-state index in [-0.39, 0.29) is 5.75 Å². The SMILES string of the molecule is Nc1ccc(O)c(-c2cccs2)c1. The quantitative estimate of drug-likeness (QED) is 0.537. The lowest BCUT2D eigenvalue weighted by molar-refractivity contribution is 0.477. The van der Waals surface area contributed by atoms with Gasteiger partial charge < -0.3 is 10.8 Å². The van der Waals surface area contributed by atoms with Crippen molar-refractivity contribution in [3.8, 4) is 16.2 Å². The average molecular weight is 191 g/mol. The molecule has 0 amide bonds. The Morgan fingerprint density at radius 2 is 2.08 bits per heavy atom. The van der Waals surface area contributed by atoms with E-state index in [4.69, 9.17) is 5.73 Å². The Morgan fingerprint density at radius 3 is 2.77 bits per heavy atom. The van der Waals surface area contributed by atoms with Crippen LogP contribution >= 0.6 is 11.3 Å². The molecule has 0 bridgehead atoms. The van der Waals surface area contributed by atoms with Gasteiger partial charge in [-0.25, -0.2) is 0 Å². The van der Waals surface area contributed by atoms with Gasteiger partial charge in [0, 0.05) is 16.1 Å². The number of anilines is 1. The van der Waals surface area contributed by atoms with E-state index in [0.717, 1.165) is 10.4 Å². The van der Waals surface area contributed by atoms with Crippen LogP contribution in [-0.2, 0) is 0 Å². The van der Waals surface area contributed by atoms with Crippen LogP contribution in [0.15, 0.2) is 35.7 Å². The molecule has 0 atom stereocenters. The molecular formula is C10H9NOS. The number of hydrogen-bond acceptors (Lipinski definition) is 3. The van der Waals surface area contributed by atoms with E-state index in [1.165, 1.54) is 0 Å². The number of rotatable bonds is 1. The topological polar surface area (TPSA) is 46.2 Å². The van der Waals surface area contributed by atoms with Gasteiger partial charge in [-0.3, -0.25) is 0 Å². The minimum Gasteiger partial charge on any atom is -0.507 e. The molecule has 0 unspecified atom stereocenters. The summed E-state index contributed by atoms with van der Waals surface area (Å²) in [5.41, 5.74) is 7.10. The monoisotopic (exact) mass is 191 g/mol. The number of phenols is 1. The molecule has 0 spiro atoms. The highest BCUT2D eigenvalue weighted by molar-refractivity contribution is 7.13. The highest BCUT2D eigenvalue weighted by Gasteiger charge is 2.04. The Bertz CT molecular complexity index is 409. The van der Waals surface area contributed by atoms with E-state index in [1.807, 2.05) is 17.5 Å². The van der Waals surface area contributed by atoms with Crippen molar-refractivity contribution < 1.29 is 5.11 Å². The number of benzene rings is 1. The highest BCUT2D eigenvalue weighted by atomic mass is 32.1. The predicted octanol–water partition coefficient (Wildman–Crippen LogP) is 2.70. The van der Waals surface area contributed by atoms with Gasteiger partial charge in [0.05, 0.1) is 0 Å². The lowest BCUT2D eigenvalue weighted by Crippen LogP contribution is -1.84. The van der Waals surface area contributed by atoms with E-state index in [1.54, 1.807) is 29.5 Å². The van der Waals surface area contributed by atoms with E-state index < -0.39 is 0 Å². The fourth-order valence-corrected chi connectivity index (χ4v) is 1.93. The third kappa shape index (κ3) is 1.51. The summed E-state index contributed by atoms with van der Waals surface area (Å²) in [7, 11) is 0. The van der Waals surface area contributed by atoms with E-state index in [9.17, 15) is 5.11 Å². The van der Waals surface area contributed by atoms with Gasteiger partial charge in [-0.1, -0.05) is 6.07 Å². The van der Waals surface area contributed by atoms with Crippen LogP contribution in [0.2, 0.25) is 0 Å². The molecule has 2 nitrogen and oxygen atoms in total. The second kappa shape index (κ2) is 3.11. The minimum absolute atomic E-state index is 0.275. The Morgan fingerprint density at radius 1 is 1.23 bits per heavy atom. The van der Waals surface area contributed by atoms with Crippen LogP contribution in [-0.4, -0.2) is 5.11 Å². The maximum atomic E-state index is 9.56. The zero-order chi connectivity index (χ0) is 9.26. The van der Waals surface area contributed by atoms with Crippen molar-refractivity contribution >= 4 is 17.0 Å². The first-order chi connectivity index (χ1) is 6.27. The van der Waals surface area contributed by atoms with Crippen LogP contribution in [0, 0.1) is 0 Å². The lowest BCUT2D eigenvalue weighted by atomic mass is 10.1. The molecule has 0 saturated carbocycles. The fourth-order valence-electron chi connectivity index (χ4n) is 1.18. The van der Waals surface area contributed by atoms with Crippen molar-refractivity contribution in [3.05, 3.63) is 35.7 Å². The zero-order valence-corrected chi connectivity index (χ0v) is 7.71. The van der Waals surface area contributed by atoms with Crippen molar-refractivity contribution in [2.45, 2.75) is 0 Å². The normalized spacial score (nSPS) is 10.2. The van der Waals surface area contributed by atoms with Crippen molar-refractivity contribution in [3.63, 3.8) is 0 Å². The van der Waals surface area contributed by atoms with Gasteiger partial charge in [0.1, 0.15) is 5.75 Å². The Kier molecular flexibility index (Phi) is 1.94. The molecule has 0 fully saturated rings. The van der Waals surface area contributed by atoms with Gasteiger partial charge in [0.25, 0.3) is 0 Å². The third-order valence-corrected chi connectivity index (χ3v) is 2.71. The molecule has 13 heavy (non-hydrogen) atoms. The summed E-state index contributed by atoms with van der Waals surface area (Å²) in [5, 5.41) is 11.5. The Balaban J connectivity index is 2.57. The van der Waals surface area contributed by atoms with E-state index in [2.05, 4.69) is 0 Å². The summed E-state index contributed by atoms with van der Waals surface area (Å²) in [5.74, 6) is 0.275. The molecule has 3 N–H and O–H groups in total. The number of phenolic OH excluding ortho intramolecular Hbond substituents is 1. The van der Waals surface area contributed by atoms with Crippen molar-refractivity contribution in [2.75, 3.05) is 5.73 Å². The van der Waals surface area contributed by atoms with Crippen LogP contribution < -0.4 is 5.73 Å². The molecule has 1 aromatic heterocycles. The van der Waals surface area contributed by atoms with E-state index >= 15 is 0 Å². The van der Waals surface area contributed by atoms with Gasteiger partial charge in [-0.15, -0.1) is 11.3 Å². The number of aromatic hydroxyl groups is 1. The molecule has 0 aliphatic carbocycles. The zero-order valence-electron chi connectivity index (χ0n) is 6.90. The summed E-state index contributed by atoms with van der Waals surface area (Å²) >= 11 is 1.58. The number of thiophene rings is 1. The predicted molar refractivity (Wildman–Crippen MR) is 55.8 cm³/mol. The fraction of sp³-hybridized carbons (Fsp3) is 0. The summed E-state index contributed by atoms with van der Waals surface area (Å²) in [4.78, 5) is 1.03. The van der Waals surface area contributed by atoms with Crippen LogP contribution in [0.4, 0.5) is 5.69 Å². The molecule has 0 aliphatic heterocycles. The van der Waals surface area contributed by atoms with Crippen LogP contribution in [0.1, 0.15) is 0 Å². The van der Waals surface area contributed by atoms with E-state index in [0.29, 0.717) is 5.69 Å². The molecule has 1 heterocycles. The van der Waals surface area contributed by atoms with Crippen LogP contribution in [0.3, 0.4) is 0 Å². The summed E-state index contributed by atoms with van der Waals surface area (Å²) in [6.45, 7) is 0. The molecule has 3 heteroatoms. The van der Waals surface area contributed by atoms with Gasteiger partial charge >= 0.3 is 0 Å². The van der Waals surface area contributed by atoms with Crippen molar-refractivity contribution in [1.82, 2.24) is 0 Å². The molecular weight excluding hydrogens is 182 g/mol. The number of hydrogen-bond donors (Lipinski definition) is 2. The molecule has 1 aromatic carbocycles. The van der Waals surface area contributed by atoms with Crippen molar-refractivity contribution in [2.24, 2.45) is 0 Å². The standard InChI is InChI=1S/C10H9NOS/c11-7-3-4-9(12)8(6-7)10-2-1-5-13-10/h1-6,12H,11H2. The third-order valence-electron chi connectivity index (χ3n) is 1.81. The van der Waals surface area contributed by atoms with Gasteiger partial charge in [-0.2, -0.15) is 0 Å². The largest absolute Gasteiger partial charge is 0.507 e. The van der Waals surface area contributed by atoms with Gasteiger partial charge in [0.2, 0.25) is 0 Å². The molecule has 66 valence electrons. The highest BCUT2D eigenvalue weighted by Crippen LogP contribution is 2.33. The van der Waals surface area contributed by atoms with Crippen LogP contribution in [0.5, 0.6) is 5.75 Å². The Labute approximate surface area is 80.3 Å². The first-order valence-corrected chi connectivity index (χ1v) is 4.78. The maximum absolute atomic E-state index is 9.56. The maximum Gasteiger partial charge on any atom is 0.124 e. The molecule has 0 saturated heterocycles. The summed E-state index contributed by atoms with van der Waals surface area (Å²) in [6, 6.07) is 8.99.